The minimum absolute atomic E-state index is 0.0770. The predicted octanol–water partition coefficient (Wildman–Crippen LogP) is 2.83. The molecule has 0 aliphatic rings. The van der Waals surface area contributed by atoms with Crippen LogP contribution >= 0.6 is 0 Å². The van der Waals surface area contributed by atoms with Crippen LogP contribution in [0.5, 0.6) is 0 Å². The molecule has 2 aromatic heterocycles. The predicted molar refractivity (Wildman–Crippen MR) is 72.1 cm³/mol. The molecule has 20 heavy (non-hydrogen) atoms. The molecule has 0 spiro atoms. The molecule has 6 heteroatoms. The van der Waals surface area contributed by atoms with Crippen molar-refractivity contribution in [1.82, 2.24) is 15.1 Å². The van der Waals surface area contributed by atoms with Crippen molar-refractivity contribution < 1.29 is 8.91 Å². The third-order valence-corrected chi connectivity index (χ3v) is 2.79. The van der Waals surface area contributed by atoms with E-state index >= 15 is 0 Å². The summed E-state index contributed by atoms with van der Waals surface area (Å²) in [6.07, 6.45) is 1.65. The van der Waals surface area contributed by atoms with Gasteiger partial charge in [-0.3, -0.25) is 4.98 Å². The van der Waals surface area contributed by atoms with Gasteiger partial charge in [-0.05, 0) is 42.8 Å². The maximum Gasteiger partial charge on any atom is 0.261 e. The van der Waals surface area contributed by atoms with Crippen LogP contribution in [0.3, 0.4) is 0 Å². The van der Waals surface area contributed by atoms with Crippen LogP contribution in [0.15, 0.2) is 41.1 Å². The number of nitrogens with zero attached hydrogens (tertiary/aromatic N) is 3. The minimum Gasteiger partial charge on any atom is -0.399 e. The van der Waals surface area contributed by atoms with Crippen molar-refractivity contribution >= 4 is 5.69 Å². The molecule has 0 amide bonds. The number of nitrogens with two attached hydrogens (primary N) is 1. The van der Waals surface area contributed by atoms with Crippen LogP contribution in [-0.2, 0) is 0 Å². The lowest BCUT2D eigenvalue weighted by Crippen LogP contribution is -1.90. The summed E-state index contributed by atoms with van der Waals surface area (Å²) in [6, 6.07) is 7.88. The Balaban J connectivity index is 2.04. The zero-order chi connectivity index (χ0) is 14.1. The highest BCUT2D eigenvalue weighted by Gasteiger charge is 2.15. The van der Waals surface area contributed by atoms with E-state index in [1.54, 1.807) is 6.20 Å². The van der Waals surface area contributed by atoms with Gasteiger partial charge in [0.2, 0.25) is 5.82 Å². The number of rotatable bonds is 2. The van der Waals surface area contributed by atoms with E-state index in [0.717, 1.165) is 5.56 Å². The third kappa shape index (κ3) is 2.23. The highest BCUT2D eigenvalue weighted by Crippen LogP contribution is 2.25. The minimum atomic E-state index is -0.466. The summed E-state index contributed by atoms with van der Waals surface area (Å²) in [5.74, 6) is -0.0785. The standard InChI is InChI=1S/C14H11FN4O/c1-8-4-5-17-12(6-8)13-18-14(20-19-13)10-7-9(16)2-3-11(10)15/h2-7H,16H2,1H3. The van der Waals surface area contributed by atoms with Gasteiger partial charge in [0.15, 0.2) is 0 Å². The fraction of sp³-hybridized carbons (Fsp3) is 0.0714. The normalized spacial score (nSPS) is 10.7. The number of halogens is 1. The molecule has 0 radical (unpaired) electrons. The first-order chi connectivity index (χ1) is 9.63. The Bertz CT molecular complexity index is 769. The summed E-state index contributed by atoms with van der Waals surface area (Å²) in [4.78, 5) is 8.31. The fourth-order valence-electron chi connectivity index (χ4n) is 1.80. The molecule has 0 fully saturated rings. The highest BCUT2D eigenvalue weighted by molar-refractivity contribution is 5.62. The summed E-state index contributed by atoms with van der Waals surface area (Å²) in [5, 5.41) is 3.82. The monoisotopic (exact) mass is 270 g/mol. The molecule has 0 saturated heterocycles. The second-order valence-corrected chi connectivity index (χ2v) is 4.38. The quantitative estimate of drug-likeness (QED) is 0.724. The first kappa shape index (κ1) is 12.3. The Morgan fingerprint density at radius 1 is 1.20 bits per heavy atom. The van der Waals surface area contributed by atoms with Crippen molar-refractivity contribution in [2.24, 2.45) is 0 Å². The van der Waals surface area contributed by atoms with Gasteiger partial charge in [-0.25, -0.2) is 4.39 Å². The molecule has 2 N–H and O–H groups in total. The lowest BCUT2D eigenvalue weighted by Gasteiger charge is -1.98. The van der Waals surface area contributed by atoms with Crippen LogP contribution in [0.25, 0.3) is 23.0 Å². The summed E-state index contributed by atoms with van der Waals surface area (Å²) < 4.78 is 18.8. The van der Waals surface area contributed by atoms with E-state index < -0.39 is 5.82 Å². The zero-order valence-electron chi connectivity index (χ0n) is 10.7. The third-order valence-electron chi connectivity index (χ3n) is 2.79. The second kappa shape index (κ2) is 4.73. The molecular weight excluding hydrogens is 259 g/mol. The molecule has 1 aromatic carbocycles. The van der Waals surface area contributed by atoms with E-state index in [1.165, 1.54) is 18.2 Å². The van der Waals surface area contributed by atoms with Gasteiger partial charge >= 0.3 is 0 Å². The van der Waals surface area contributed by atoms with Crippen molar-refractivity contribution in [1.29, 1.82) is 0 Å². The molecule has 0 saturated carbocycles. The molecule has 3 rings (SSSR count). The topological polar surface area (TPSA) is 77.8 Å². The van der Waals surface area contributed by atoms with Crippen molar-refractivity contribution in [3.8, 4) is 23.0 Å². The Kier molecular flexibility index (Phi) is 2.90. The first-order valence-corrected chi connectivity index (χ1v) is 5.95. The molecule has 0 bridgehead atoms. The van der Waals surface area contributed by atoms with Crippen LogP contribution in [0.1, 0.15) is 5.56 Å². The maximum absolute atomic E-state index is 13.7. The molecule has 0 aliphatic carbocycles. The van der Waals surface area contributed by atoms with Crippen molar-refractivity contribution in [3.05, 3.63) is 47.9 Å². The van der Waals surface area contributed by atoms with Gasteiger partial charge in [-0.2, -0.15) is 4.98 Å². The Morgan fingerprint density at radius 3 is 2.85 bits per heavy atom. The number of benzene rings is 1. The molecule has 5 nitrogen and oxygen atoms in total. The summed E-state index contributed by atoms with van der Waals surface area (Å²) >= 11 is 0. The summed E-state index contributed by atoms with van der Waals surface area (Å²) in [6.45, 7) is 1.93. The van der Waals surface area contributed by atoms with E-state index in [9.17, 15) is 4.39 Å². The summed E-state index contributed by atoms with van der Waals surface area (Å²) in [5.41, 5.74) is 7.83. The number of pyridine rings is 1. The number of hydrogen-bond acceptors (Lipinski definition) is 5. The van der Waals surface area contributed by atoms with Gasteiger partial charge in [0.1, 0.15) is 11.5 Å². The van der Waals surface area contributed by atoms with Crippen LogP contribution in [0.2, 0.25) is 0 Å². The lowest BCUT2D eigenvalue weighted by atomic mass is 10.2. The Labute approximate surface area is 114 Å². The Hall–Kier alpha value is -2.76. The number of aromatic nitrogens is 3. The van der Waals surface area contributed by atoms with Gasteiger partial charge in [0, 0.05) is 11.9 Å². The van der Waals surface area contributed by atoms with Crippen LogP contribution < -0.4 is 5.73 Å². The SMILES string of the molecule is Cc1ccnc(-c2noc(-c3cc(N)ccc3F)n2)c1. The van der Waals surface area contributed by atoms with E-state index in [1.807, 2.05) is 19.1 Å². The number of hydrogen-bond donors (Lipinski definition) is 1. The van der Waals surface area contributed by atoms with Gasteiger partial charge < -0.3 is 10.3 Å². The molecule has 0 atom stereocenters. The number of nitrogen functional groups attached to an aromatic ring is 1. The Morgan fingerprint density at radius 2 is 2.05 bits per heavy atom. The van der Waals surface area contributed by atoms with Gasteiger partial charge in [-0.15, -0.1) is 0 Å². The van der Waals surface area contributed by atoms with Gasteiger partial charge in [0.25, 0.3) is 5.89 Å². The van der Waals surface area contributed by atoms with Gasteiger partial charge in [-0.1, -0.05) is 5.16 Å². The lowest BCUT2D eigenvalue weighted by molar-refractivity contribution is 0.429. The van der Waals surface area contributed by atoms with Gasteiger partial charge in [0.05, 0.1) is 5.56 Å². The van der Waals surface area contributed by atoms with Crippen molar-refractivity contribution in [2.75, 3.05) is 5.73 Å². The maximum atomic E-state index is 13.7. The van der Waals surface area contributed by atoms with Crippen LogP contribution in [0, 0.1) is 12.7 Å². The van der Waals surface area contributed by atoms with E-state index in [4.69, 9.17) is 10.3 Å². The smallest absolute Gasteiger partial charge is 0.261 e. The molecule has 3 aromatic rings. The molecular formula is C14H11FN4O. The summed E-state index contributed by atoms with van der Waals surface area (Å²) in [7, 11) is 0. The average molecular weight is 270 g/mol. The largest absolute Gasteiger partial charge is 0.399 e. The van der Waals surface area contributed by atoms with Crippen LogP contribution in [-0.4, -0.2) is 15.1 Å². The second-order valence-electron chi connectivity index (χ2n) is 4.38. The van der Waals surface area contributed by atoms with E-state index in [2.05, 4.69) is 15.1 Å². The highest BCUT2D eigenvalue weighted by atomic mass is 19.1. The molecule has 0 unspecified atom stereocenters. The average Bonchev–Trinajstić information content (AvgIpc) is 2.91. The van der Waals surface area contributed by atoms with Crippen LogP contribution in [0.4, 0.5) is 10.1 Å². The molecule has 0 aliphatic heterocycles. The van der Waals surface area contributed by atoms with E-state index in [-0.39, 0.29) is 11.5 Å². The van der Waals surface area contributed by atoms with E-state index in [0.29, 0.717) is 17.2 Å². The van der Waals surface area contributed by atoms with Crippen molar-refractivity contribution in [3.63, 3.8) is 0 Å². The van der Waals surface area contributed by atoms with Crippen molar-refractivity contribution in [2.45, 2.75) is 6.92 Å². The zero-order valence-corrected chi connectivity index (χ0v) is 10.7. The molecule has 100 valence electrons. The molecule has 2 heterocycles. The first-order valence-electron chi connectivity index (χ1n) is 5.95. The number of anilines is 1. The number of aryl methyl sites for hydroxylation is 1. The fourth-order valence-corrected chi connectivity index (χ4v) is 1.80.